The van der Waals surface area contributed by atoms with Crippen LogP contribution in [0, 0.1) is 5.92 Å². The van der Waals surface area contributed by atoms with Gasteiger partial charge in [-0.25, -0.2) is 4.79 Å². The molecule has 0 unspecified atom stereocenters. The Labute approximate surface area is 235 Å². The zero-order valence-corrected chi connectivity index (χ0v) is 29.1. The third-order valence-corrected chi connectivity index (χ3v) is 18.9. The lowest BCUT2D eigenvalue weighted by molar-refractivity contribution is -0.163. The SMILES string of the molecule is COC(=O)[C@H]1[C@H](O[Si](C)(C)C(C)(C)C)[C@@H](CO[Si](C)(C)C(C)(C)C)O[C@@]1(C[Si](C)(C)O)n1ccc(=O)[nH]c1=O. The van der Waals surface area contributed by atoms with Gasteiger partial charge < -0.3 is 23.1 Å². The Kier molecular flexibility index (Phi) is 9.67. The highest BCUT2D eigenvalue weighted by molar-refractivity contribution is 6.74. The maximum Gasteiger partial charge on any atom is 0.330 e. The molecule has 1 aromatic rings. The summed E-state index contributed by atoms with van der Waals surface area (Å²) in [7, 11) is -6.47. The van der Waals surface area contributed by atoms with Gasteiger partial charge in [-0.05, 0) is 49.4 Å². The van der Waals surface area contributed by atoms with Crippen LogP contribution in [-0.2, 0) is 28.8 Å². The van der Waals surface area contributed by atoms with Gasteiger partial charge in [0.2, 0.25) is 0 Å². The molecule has 1 aromatic heterocycles. The first-order valence-electron chi connectivity index (χ1n) is 13.5. The van der Waals surface area contributed by atoms with Gasteiger partial charge in [0.1, 0.15) is 12.0 Å². The van der Waals surface area contributed by atoms with Crippen LogP contribution in [0.4, 0.5) is 0 Å². The van der Waals surface area contributed by atoms with Crippen LogP contribution in [0.15, 0.2) is 21.9 Å². The van der Waals surface area contributed by atoms with Crippen molar-refractivity contribution in [2.75, 3.05) is 13.7 Å². The first-order valence-corrected chi connectivity index (χ1v) is 22.5. The smallest absolute Gasteiger partial charge is 0.330 e. The largest absolute Gasteiger partial charge is 0.469 e. The summed E-state index contributed by atoms with van der Waals surface area (Å²) in [5, 5.41) is -0.264. The highest BCUT2D eigenvalue weighted by Crippen LogP contribution is 2.50. The standard InChI is InChI=1S/C26H50N2O8Si3/c1-24(2,3)38(10,11)34-16-18-21(36-39(12,13)25(4,5)6)20(22(30)33-7)26(35-18,17-37(8,9)32)28-15-14-19(29)27-23(28)31/h14-15,18,20-21,32H,16-17H2,1-13H3,(H,27,29,31)/t18-,20-,21-,26-/m1/s1. The summed E-state index contributed by atoms with van der Waals surface area (Å²) in [6.45, 7) is 24.7. The number of rotatable bonds is 9. The summed E-state index contributed by atoms with van der Waals surface area (Å²) < 4.78 is 26.8. The Hall–Kier alpha value is -1.36. The van der Waals surface area contributed by atoms with Gasteiger partial charge in [0.05, 0.1) is 19.8 Å². The zero-order valence-electron chi connectivity index (χ0n) is 26.1. The zero-order chi connectivity index (χ0) is 30.4. The molecule has 1 saturated heterocycles. The van der Waals surface area contributed by atoms with Crippen LogP contribution in [-0.4, -0.2) is 71.2 Å². The summed E-state index contributed by atoms with van der Waals surface area (Å²) in [4.78, 5) is 52.3. The van der Waals surface area contributed by atoms with Crippen LogP contribution in [0.3, 0.4) is 0 Å². The number of H-pyrrole nitrogens is 1. The van der Waals surface area contributed by atoms with E-state index in [-0.39, 0.29) is 22.7 Å². The lowest BCUT2D eigenvalue weighted by atomic mass is 9.91. The Morgan fingerprint density at radius 1 is 1.05 bits per heavy atom. The van der Waals surface area contributed by atoms with Crippen molar-refractivity contribution in [3.8, 4) is 0 Å². The maximum absolute atomic E-state index is 13.7. The van der Waals surface area contributed by atoms with Gasteiger partial charge in [0.15, 0.2) is 30.7 Å². The van der Waals surface area contributed by atoms with Crippen LogP contribution >= 0.6 is 0 Å². The second-order valence-electron chi connectivity index (χ2n) is 14.4. The molecule has 0 bridgehead atoms. The van der Waals surface area contributed by atoms with E-state index in [0.717, 1.165) is 0 Å². The molecule has 1 fully saturated rings. The molecule has 4 atom stereocenters. The van der Waals surface area contributed by atoms with Gasteiger partial charge >= 0.3 is 11.7 Å². The number of carbonyl (C=O) groups excluding carboxylic acids is 1. The average molecular weight is 603 g/mol. The first kappa shape index (κ1) is 33.8. The molecule has 2 heterocycles. The van der Waals surface area contributed by atoms with Crippen molar-refractivity contribution in [2.45, 2.75) is 115 Å². The van der Waals surface area contributed by atoms with Crippen LogP contribution < -0.4 is 11.2 Å². The monoisotopic (exact) mass is 602 g/mol. The van der Waals surface area contributed by atoms with E-state index in [9.17, 15) is 19.2 Å². The third-order valence-electron chi connectivity index (χ3n) is 8.56. The van der Waals surface area contributed by atoms with Gasteiger partial charge in [-0.3, -0.25) is 19.1 Å². The number of methoxy groups -OCH3 is 1. The molecule has 0 aromatic carbocycles. The maximum atomic E-state index is 13.7. The second kappa shape index (κ2) is 11.1. The number of esters is 1. The fourth-order valence-electron chi connectivity index (χ4n) is 4.39. The van der Waals surface area contributed by atoms with Crippen molar-refractivity contribution in [1.29, 1.82) is 0 Å². The minimum Gasteiger partial charge on any atom is -0.469 e. The molecule has 0 amide bonds. The van der Waals surface area contributed by atoms with E-state index in [0.29, 0.717) is 0 Å². The fraction of sp³-hybridized carbons (Fsp3) is 0.808. The minimum atomic E-state index is -3.02. The van der Waals surface area contributed by atoms with Crippen LogP contribution in [0.1, 0.15) is 41.5 Å². The third kappa shape index (κ3) is 7.29. The summed E-state index contributed by atoms with van der Waals surface area (Å²) in [5.41, 5.74) is -2.98. The van der Waals surface area contributed by atoms with E-state index in [1.165, 1.54) is 23.9 Å². The summed E-state index contributed by atoms with van der Waals surface area (Å²) in [6.07, 6.45) is -0.247. The normalized spacial score (nSPS) is 25.1. The predicted octanol–water partition coefficient (Wildman–Crippen LogP) is 3.99. The quantitative estimate of drug-likeness (QED) is 0.321. The van der Waals surface area contributed by atoms with E-state index >= 15 is 0 Å². The molecular formula is C26H50N2O8Si3. The number of carbonyl (C=O) groups is 1. The molecule has 0 saturated carbocycles. The number of aromatic amines is 1. The number of ether oxygens (including phenoxy) is 2. The van der Waals surface area contributed by atoms with Gasteiger partial charge in [0, 0.05) is 18.3 Å². The van der Waals surface area contributed by atoms with Crippen molar-refractivity contribution < 1.29 is 27.9 Å². The number of hydrogen-bond donors (Lipinski definition) is 2. The Bertz CT molecular complexity index is 1140. The fourth-order valence-corrected chi connectivity index (χ4v) is 8.44. The predicted molar refractivity (Wildman–Crippen MR) is 159 cm³/mol. The van der Waals surface area contributed by atoms with Gasteiger partial charge in [-0.15, -0.1) is 0 Å². The average Bonchev–Trinajstić information content (AvgIpc) is 3.01. The van der Waals surface area contributed by atoms with Crippen LogP contribution in [0.5, 0.6) is 0 Å². The van der Waals surface area contributed by atoms with Gasteiger partial charge in [-0.1, -0.05) is 41.5 Å². The Balaban J connectivity index is 2.84. The van der Waals surface area contributed by atoms with E-state index in [2.05, 4.69) is 72.7 Å². The molecule has 2 N–H and O–H groups in total. The molecule has 13 heteroatoms. The molecule has 224 valence electrons. The summed E-state index contributed by atoms with van der Waals surface area (Å²) in [6, 6.07) is 1.19. The topological polar surface area (TPSA) is 129 Å². The molecule has 0 radical (unpaired) electrons. The van der Waals surface area contributed by atoms with Crippen molar-refractivity contribution in [2.24, 2.45) is 5.92 Å². The summed E-state index contributed by atoms with van der Waals surface area (Å²) in [5.74, 6) is -1.72. The summed E-state index contributed by atoms with van der Waals surface area (Å²) >= 11 is 0. The Morgan fingerprint density at radius 3 is 2.03 bits per heavy atom. The molecule has 0 spiro atoms. The molecular weight excluding hydrogens is 553 g/mol. The number of hydrogen-bond acceptors (Lipinski definition) is 8. The number of aromatic nitrogens is 2. The molecule has 1 aliphatic rings. The molecule has 39 heavy (non-hydrogen) atoms. The first-order chi connectivity index (χ1) is 17.4. The number of nitrogens with zero attached hydrogens (tertiary/aromatic N) is 1. The highest BCUT2D eigenvalue weighted by atomic mass is 28.4. The number of nitrogens with one attached hydrogen (secondary N) is 1. The van der Waals surface area contributed by atoms with E-state index in [4.69, 9.17) is 18.3 Å². The van der Waals surface area contributed by atoms with Crippen LogP contribution in [0.2, 0.25) is 55.4 Å². The Morgan fingerprint density at radius 2 is 1.59 bits per heavy atom. The van der Waals surface area contributed by atoms with E-state index in [1.807, 2.05) is 0 Å². The van der Waals surface area contributed by atoms with Crippen LogP contribution in [0.25, 0.3) is 0 Å². The highest BCUT2D eigenvalue weighted by Gasteiger charge is 2.64. The molecule has 10 nitrogen and oxygen atoms in total. The van der Waals surface area contributed by atoms with Gasteiger partial charge in [0.25, 0.3) is 5.56 Å². The molecule has 2 rings (SSSR count). The van der Waals surface area contributed by atoms with Crippen molar-refractivity contribution in [1.82, 2.24) is 9.55 Å². The van der Waals surface area contributed by atoms with Gasteiger partial charge in [-0.2, -0.15) is 0 Å². The second-order valence-corrected chi connectivity index (χ2v) is 27.9. The van der Waals surface area contributed by atoms with Crippen molar-refractivity contribution >= 4 is 30.9 Å². The van der Waals surface area contributed by atoms with Crippen molar-refractivity contribution in [3.63, 3.8) is 0 Å². The van der Waals surface area contributed by atoms with E-state index < -0.39 is 66.0 Å². The lowest BCUT2D eigenvalue weighted by Gasteiger charge is -2.42. The minimum absolute atomic E-state index is 0.0142. The molecule has 1 aliphatic heterocycles. The van der Waals surface area contributed by atoms with E-state index in [1.54, 1.807) is 13.1 Å². The van der Waals surface area contributed by atoms with Crippen molar-refractivity contribution in [3.05, 3.63) is 33.1 Å². The lowest BCUT2D eigenvalue weighted by Crippen LogP contribution is -2.56. The molecule has 0 aliphatic carbocycles.